The topological polar surface area (TPSA) is 107 Å². The number of ether oxygens (including phenoxy) is 2. The monoisotopic (exact) mass is 623 g/mol. The number of Topliss-reactive ketones (excluding diaryl/α,β-unsaturated/α-hetero) is 1. The summed E-state index contributed by atoms with van der Waals surface area (Å²) in [6.07, 6.45) is 7.53. The number of hydrogen-bond acceptors (Lipinski definition) is 7. The van der Waals surface area contributed by atoms with E-state index >= 15 is 0 Å². The molecule has 1 spiro atoms. The van der Waals surface area contributed by atoms with Gasteiger partial charge in [0.2, 0.25) is 0 Å². The van der Waals surface area contributed by atoms with Crippen molar-refractivity contribution in [1.29, 1.82) is 0 Å². The number of aromatic nitrogens is 1. The molecule has 1 amide bonds. The number of rotatable bonds is 9. The molecule has 2 aliphatic rings. The van der Waals surface area contributed by atoms with Gasteiger partial charge in [-0.2, -0.15) is 0 Å². The van der Waals surface area contributed by atoms with Crippen molar-refractivity contribution < 1.29 is 23.9 Å². The minimum absolute atomic E-state index is 0.115. The summed E-state index contributed by atoms with van der Waals surface area (Å²) < 4.78 is 10.4. The molecule has 1 aromatic heterocycles. The maximum atomic E-state index is 13.0. The van der Waals surface area contributed by atoms with E-state index in [2.05, 4.69) is 26.2 Å². The zero-order valence-electron chi connectivity index (χ0n) is 20.8. The van der Waals surface area contributed by atoms with Gasteiger partial charge in [0.1, 0.15) is 11.4 Å². The van der Waals surface area contributed by atoms with Gasteiger partial charge in [-0.1, -0.05) is 70.5 Å². The Morgan fingerprint density at radius 2 is 1.79 bits per heavy atom. The first-order valence-corrected chi connectivity index (χ1v) is 14.1. The lowest BCUT2D eigenvalue weighted by atomic mass is 9.58. The van der Waals surface area contributed by atoms with E-state index in [4.69, 9.17) is 37.7 Å². The Bertz CT molecular complexity index is 1210. The Hall–Kier alpha value is -2.33. The molecular formula is C27H28BrCl2N3O5. The van der Waals surface area contributed by atoms with Crippen molar-refractivity contribution >= 4 is 68.2 Å². The molecule has 1 aromatic carbocycles. The molecule has 2 fully saturated rings. The summed E-state index contributed by atoms with van der Waals surface area (Å²) in [6, 6.07) is 6.23. The Morgan fingerprint density at radius 3 is 2.42 bits per heavy atom. The van der Waals surface area contributed by atoms with Crippen LogP contribution in [0.25, 0.3) is 0 Å². The van der Waals surface area contributed by atoms with Crippen LogP contribution in [0.15, 0.2) is 41.7 Å². The molecule has 4 rings (SSSR count). The molecular weight excluding hydrogens is 597 g/mol. The van der Waals surface area contributed by atoms with Gasteiger partial charge < -0.3 is 14.8 Å². The van der Waals surface area contributed by atoms with E-state index in [0.717, 1.165) is 43.4 Å². The summed E-state index contributed by atoms with van der Waals surface area (Å²) in [6.45, 7) is 0.391. The summed E-state index contributed by atoms with van der Waals surface area (Å²) in [5.41, 5.74) is 1.65. The first-order valence-electron chi connectivity index (χ1n) is 12.4. The van der Waals surface area contributed by atoms with Crippen LogP contribution in [0.4, 0.5) is 5.69 Å². The molecule has 0 bridgehead atoms. The van der Waals surface area contributed by atoms with Crippen LogP contribution >= 0.6 is 39.1 Å². The van der Waals surface area contributed by atoms with Crippen LogP contribution < -0.4 is 5.32 Å². The number of benzene rings is 1. The molecule has 8 nitrogen and oxygen atoms in total. The van der Waals surface area contributed by atoms with Crippen molar-refractivity contribution in [3.63, 3.8) is 0 Å². The number of carbonyl (C=O) groups excluding carboxylic acids is 3. The summed E-state index contributed by atoms with van der Waals surface area (Å²) >= 11 is 15.6. The largest absolute Gasteiger partial charge is 0.462 e. The van der Waals surface area contributed by atoms with Crippen LogP contribution in [-0.2, 0) is 25.5 Å². The SMILES string of the molecule is COCCOC(=O)[C@H](Cc1ccc(NC(=O)c2c(Cl)cncc2Cl)cc1)N=C1C(Br)C(=O)C12CCCCC2. The van der Waals surface area contributed by atoms with Crippen LogP contribution in [0.2, 0.25) is 10.0 Å². The molecule has 38 heavy (non-hydrogen) atoms. The van der Waals surface area contributed by atoms with E-state index in [1.165, 1.54) is 19.5 Å². The Morgan fingerprint density at radius 1 is 1.13 bits per heavy atom. The highest BCUT2D eigenvalue weighted by Crippen LogP contribution is 2.49. The number of ketones is 1. The summed E-state index contributed by atoms with van der Waals surface area (Å²) in [4.78, 5) is 46.7. The normalized spacial score (nSPS) is 20.2. The van der Waals surface area contributed by atoms with Gasteiger partial charge in [0, 0.05) is 37.3 Å². The predicted molar refractivity (Wildman–Crippen MR) is 150 cm³/mol. The molecule has 2 aliphatic carbocycles. The highest BCUT2D eigenvalue weighted by atomic mass is 79.9. The number of hydrogen-bond donors (Lipinski definition) is 1. The number of aliphatic imine (C=N–C) groups is 1. The maximum absolute atomic E-state index is 13.0. The Labute approximate surface area is 239 Å². The third kappa shape index (κ3) is 6.11. The number of nitrogens with one attached hydrogen (secondary N) is 1. The minimum Gasteiger partial charge on any atom is -0.462 e. The summed E-state index contributed by atoms with van der Waals surface area (Å²) in [7, 11) is 1.53. The molecule has 202 valence electrons. The van der Waals surface area contributed by atoms with Gasteiger partial charge in [0.15, 0.2) is 11.8 Å². The summed E-state index contributed by atoms with van der Waals surface area (Å²) in [5, 5.41) is 3.06. The number of amides is 1. The fraction of sp³-hybridized carbons (Fsp3) is 0.444. The van der Waals surface area contributed by atoms with Crippen molar-refractivity contribution in [2.24, 2.45) is 10.4 Å². The van der Waals surface area contributed by atoms with Crippen molar-refractivity contribution in [2.75, 3.05) is 25.6 Å². The lowest BCUT2D eigenvalue weighted by Gasteiger charge is -2.47. The number of halogens is 3. The lowest BCUT2D eigenvalue weighted by Crippen LogP contribution is -2.61. The number of esters is 1. The summed E-state index contributed by atoms with van der Waals surface area (Å²) in [5.74, 6) is -0.784. The zero-order chi connectivity index (χ0) is 27.3. The van der Waals surface area contributed by atoms with Gasteiger partial charge in [-0.05, 0) is 30.5 Å². The number of carbonyl (C=O) groups is 3. The Kier molecular flexibility index (Phi) is 9.57. The molecule has 11 heteroatoms. The number of methoxy groups -OCH3 is 1. The second-order valence-corrected chi connectivity index (χ2v) is 11.1. The molecule has 2 aromatic rings. The van der Waals surface area contributed by atoms with Crippen LogP contribution in [0.1, 0.15) is 48.0 Å². The van der Waals surface area contributed by atoms with E-state index in [1.807, 2.05) is 0 Å². The molecule has 0 saturated heterocycles. The highest BCUT2D eigenvalue weighted by molar-refractivity contribution is 9.10. The van der Waals surface area contributed by atoms with Crippen molar-refractivity contribution in [1.82, 2.24) is 4.98 Å². The maximum Gasteiger partial charge on any atom is 0.331 e. The second kappa shape index (κ2) is 12.7. The van der Waals surface area contributed by atoms with Crippen LogP contribution in [-0.4, -0.2) is 59.5 Å². The quantitative estimate of drug-likeness (QED) is 0.225. The zero-order valence-corrected chi connectivity index (χ0v) is 23.9. The van der Waals surface area contributed by atoms with E-state index in [0.29, 0.717) is 5.69 Å². The van der Waals surface area contributed by atoms with Crippen molar-refractivity contribution in [2.45, 2.75) is 49.4 Å². The predicted octanol–water partition coefficient (Wildman–Crippen LogP) is 5.48. The smallest absolute Gasteiger partial charge is 0.331 e. The number of alkyl halides is 1. The minimum atomic E-state index is -0.816. The fourth-order valence-electron chi connectivity index (χ4n) is 4.95. The van der Waals surface area contributed by atoms with Gasteiger partial charge in [0.25, 0.3) is 5.91 Å². The first-order chi connectivity index (χ1) is 18.3. The van der Waals surface area contributed by atoms with Gasteiger partial charge in [-0.25, -0.2) is 4.79 Å². The fourth-order valence-corrected chi connectivity index (χ4v) is 6.48. The highest BCUT2D eigenvalue weighted by Gasteiger charge is 2.58. The standard InChI is InChI=1S/C27H28BrCl2N3O5/c1-37-11-12-38-26(36)20(33-23-22(28)24(34)27(23)9-3-2-4-10-27)13-16-5-7-17(8-6-16)32-25(35)21-18(29)14-31-15-19(21)30/h5-8,14-15,20,22H,2-4,9-13H2,1H3,(H,32,35)/t20-,22?/m0/s1. The van der Waals surface area contributed by atoms with E-state index in [-0.39, 0.29) is 41.0 Å². The Balaban J connectivity index is 1.52. The van der Waals surface area contributed by atoms with E-state index in [1.54, 1.807) is 24.3 Å². The molecule has 2 saturated carbocycles. The molecule has 2 atom stereocenters. The van der Waals surface area contributed by atoms with Gasteiger partial charge in [0.05, 0.1) is 27.6 Å². The average Bonchev–Trinajstić information content (AvgIpc) is 2.91. The third-order valence-corrected chi connectivity index (χ3v) is 8.38. The van der Waals surface area contributed by atoms with Gasteiger partial charge in [-0.3, -0.25) is 19.6 Å². The van der Waals surface area contributed by atoms with Gasteiger partial charge in [-0.15, -0.1) is 0 Å². The molecule has 1 N–H and O–H groups in total. The average molecular weight is 625 g/mol. The van der Waals surface area contributed by atoms with Crippen molar-refractivity contribution in [3.05, 3.63) is 57.8 Å². The van der Waals surface area contributed by atoms with Crippen LogP contribution in [0, 0.1) is 5.41 Å². The van der Waals surface area contributed by atoms with Gasteiger partial charge >= 0.3 is 5.97 Å². The molecule has 1 unspecified atom stereocenters. The van der Waals surface area contributed by atoms with E-state index < -0.39 is 28.2 Å². The third-order valence-electron chi connectivity index (χ3n) is 6.96. The first kappa shape index (κ1) is 28.7. The molecule has 1 heterocycles. The van der Waals surface area contributed by atoms with E-state index in [9.17, 15) is 14.4 Å². The lowest BCUT2D eigenvalue weighted by molar-refractivity contribution is -0.146. The molecule has 0 radical (unpaired) electrons. The number of pyridine rings is 1. The van der Waals surface area contributed by atoms with Crippen LogP contribution in [0.3, 0.4) is 0 Å². The second-order valence-electron chi connectivity index (χ2n) is 9.39. The molecule has 0 aliphatic heterocycles. The van der Waals surface area contributed by atoms with Crippen molar-refractivity contribution in [3.8, 4) is 0 Å². The number of anilines is 1. The van der Waals surface area contributed by atoms with Crippen LogP contribution in [0.5, 0.6) is 0 Å². The number of nitrogens with zero attached hydrogens (tertiary/aromatic N) is 2.